The van der Waals surface area contributed by atoms with Gasteiger partial charge < -0.3 is 9.47 Å². The zero-order chi connectivity index (χ0) is 17.2. The summed E-state index contributed by atoms with van der Waals surface area (Å²) in [5, 5.41) is 20.7. The topological polar surface area (TPSA) is 86.8 Å². The van der Waals surface area contributed by atoms with E-state index in [4.69, 9.17) is 5.26 Å². The van der Waals surface area contributed by atoms with Gasteiger partial charge in [0.05, 0.1) is 24.2 Å². The Morgan fingerprint density at radius 3 is 2.84 bits per heavy atom. The van der Waals surface area contributed by atoms with E-state index in [1.165, 1.54) is 6.42 Å². The lowest BCUT2D eigenvalue weighted by atomic mass is 10.1. The van der Waals surface area contributed by atoms with Crippen LogP contribution in [0.4, 0.5) is 5.69 Å². The zero-order valence-corrected chi connectivity index (χ0v) is 14.0. The molecule has 25 heavy (non-hydrogen) atoms. The van der Waals surface area contributed by atoms with Gasteiger partial charge in [-0.25, -0.2) is 0 Å². The molecule has 7 heteroatoms. The number of benzene rings is 1. The van der Waals surface area contributed by atoms with Gasteiger partial charge in [-0.05, 0) is 43.5 Å². The van der Waals surface area contributed by atoms with Crippen molar-refractivity contribution in [2.45, 2.75) is 44.8 Å². The van der Waals surface area contributed by atoms with Gasteiger partial charge in [-0.1, -0.05) is 0 Å². The lowest BCUT2D eigenvalue weighted by Gasteiger charge is -2.18. The number of aromatic nitrogens is 3. The van der Waals surface area contributed by atoms with E-state index in [-0.39, 0.29) is 11.9 Å². The standard InChI is InChI=1S/C18H20N6O/c19-11-13-4-6-14(7-5-13)23-10-8-15(18(23)25)20-12-17-22-21-16-3-1-2-9-24(16)17/h4-7,15,20H,1-3,8-10,12H2. The van der Waals surface area contributed by atoms with Crippen LogP contribution in [0.2, 0.25) is 0 Å². The number of amides is 1. The highest BCUT2D eigenvalue weighted by molar-refractivity contribution is 5.99. The molecule has 1 amide bonds. The summed E-state index contributed by atoms with van der Waals surface area (Å²) in [6, 6.07) is 9.03. The third-order valence-corrected chi connectivity index (χ3v) is 4.96. The van der Waals surface area contributed by atoms with Gasteiger partial charge in [0.2, 0.25) is 5.91 Å². The Morgan fingerprint density at radius 1 is 1.20 bits per heavy atom. The normalized spacial score (nSPS) is 19.7. The minimum atomic E-state index is -0.202. The fourth-order valence-corrected chi connectivity index (χ4v) is 3.56. The monoisotopic (exact) mass is 336 g/mol. The number of nitrogens with one attached hydrogen (secondary N) is 1. The summed E-state index contributed by atoms with van der Waals surface area (Å²) >= 11 is 0. The van der Waals surface area contributed by atoms with Crippen molar-refractivity contribution in [3.05, 3.63) is 41.5 Å². The average Bonchev–Trinajstić information content (AvgIpc) is 3.24. The molecule has 0 aliphatic carbocycles. The fourth-order valence-electron chi connectivity index (χ4n) is 3.56. The number of anilines is 1. The Hall–Kier alpha value is -2.72. The van der Waals surface area contributed by atoms with Crippen molar-refractivity contribution in [3.63, 3.8) is 0 Å². The first-order valence-electron chi connectivity index (χ1n) is 8.72. The summed E-state index contributed by atoms with van der Waals surface area (Å²) < 4.78 is 2.17. The molecule has 1 N–H and O–H groups in total. The number of aryl methyl sites for hydroxylation is 1. The molecule has 0 saturated carbocycles. The summed E-state index contributed by atoms with van der Waals surface area (Å²) in [7, 11) is 0. The summed E-state index contributed by atoms with van der Waals surface area (Å²) in [4.78, 5) is 14.4. The van der Waals surface area contributed by atoms with Crippen LogP contribution >= 0.6 is 0 Å². The maximum absolute atomic E-state index is 12.7. The van der Waals surface area contributed by atoms with Crippen LogP contribution in [-0.2, 0) is 24.3 Å². The van der Waals surface area contributed by atoms with E-state index in [2.05, 4.69) is 26.2 Å². The third kappa shape index (κ3) is 3.01. The van der Waals surface area contributed by atoms with E-state index >= 15 is 0 Å². The number of carbonyl (C=O) groups excluding carboxylic acids is 1. The summed E-state index contributed by atoms with van der Waals surface area (Å²) in [6.45, 7) is 2.21. The summed E-state index contributed by atoms with van der Waals surface area (Å²) in [5.41, 5.74) is 1.44. The maximum Gasteiger partial charge on any atom is 0.244 e. The van der Waals surface area contributed by atoms with Crippen molar-refractivity contribution in [1.82, 2.24) is 20.1 Å². The minimum absolute atomic E-state index is 0.0723. The van der Waals surface area contributed by atoms with Crippen molar-refractivity contribution in [3.8, 4) is 6.07 Å². The van der Waals surface area contributed by atoms with Crippen molar-refractivity contribution >= 4 is 11.6 Å². The molecule has 1 atom stereocenters. The molecule has 1 unspecified atom stereocenters. The molecule has 128 valence electrons. The molecule has 2 aliphatic heterocycles. The van der Waals surface area contributed by atoms with Gasteiger partial charge in [-0.3, -0.25) is 10.1 Å². The molecule has 1 fully saturated rings. The lowest BCUT2D eigenvalue weighted by Crippen LogP contribution is -2.38. The van der Waals surface area contributed by atoms with Gasteiger partial charge >= 0.3 is 0 Å². The van der Waals surface area contributed by atoms with Crippen molar-refractivity contribution in [2.75, 3.05) is 11.4 Å². The number of hydrogen-bond donors (Lipinski definition) is 1. The molecule has 7 nitrogen and oxygen atoms in total. The van der Waals surface area contributed by atoms with Crippen LogP contribution in [0.3, 0.4) is 0 Å². The zero-order valence-electron chi connectivity index (χ0n) is 14.0. The second-order valence-electron chi connectivity index (χ2n) is 6.51. The molecule has 0 spiro atoms. The van der Waals surface area contributed by atoms with Gasteiger partial charge in [0, 0.05) is 25.2 Å². The van der Waals surface area contributed by atoms with Crippen LogP contribution in [0, 0.1) is 11.3 Å². The first-order valence-corrected chi connectivity index (χ1v) is 8.72. The van der Waals surface area contributed by atoms with Gasteiger partial charge in [-0.15, -0.1) is 10.2 Å². The molecule has 2 aliphatic rings. The highest BCUT2D eigenvalue weighted by Crippen LogP contribution is 2.22. The molecule has 4 rings (SSSR count). The van der Waals surface area contributed by atoms with Crippen molar-refractivity contribution in [2.24, 2.45) is 0 Å². The molecule has 2 aromatic rings. The Labute approximate surface area is 146 Å². The second-order valence-corrected chi connectivity index (χ2v) is 6.51. The Kier molecular flexibility index (Phi) is 4.20. The summed E-state index contributed by atoms with van der Waals surface area (Å²) in [6.07, 6.45) is 4.08. The molecular formula is C18H20N6O. The smallest absolute Gasteiger partial charge is 0.244 e. The van der Waals surface area contributed by atoms with Gasteiger partial charge in [0.15, 0.2) is 0 Å². The Morgan fingerprint density at radius 2 is 2.04 bits per heavy atom. The number of fused-ring (bicyclic) bond motifs is 1. The Bertz CT molecular complexity index is 819. The largest absolute Gasteiger partial charge is 0.314 e. The Balaban J connectivity index is 1.40. The number of nitrogens with zero attached hydrogens (tertiary/aromatic N) is 5. The van der Waals surface area contributed by atoms with Crippen LogP contribution in [0.5, 0.6) is 0 Å². The van der Waals surface area contributed by atoms with E-state index in [9.17, 15) is 4.79 Å². The van der Waals surface area contributed by atoms with E-state index < -0.39 is 0 Å². The minimum Gasteiger partial charge on any atom is -0.314 e. The van der Waals surface area contributed by atoms with E-state index in [0.29, 0.717) is 18.7 Å². The molecule has 1 aromatic heterocycles. The van der Waals surface area contributed by atoms with Crippen LogP contribution in [0.1, 0.15) is 36.5 Å². The van der Waals surface area contributed by atoms with Crippen molar-refractivity contribution in [1.29, 1.82) is 5.26 Å². The third-order valence-electron chi connectivity index (χ3n) is 4.96. The quantitative estimate of drug-likeness (QED) is 0.911. The predicted octanol–water partition coefficient (Wildman–Crippen LogP) is 1.38. The van der Waals surface area contributed by atoms with Gasteiger partial charge in [0.1, 0.15) is 11.6 Å². The molecule has 0 radical (unpaired) electrons. The first kappa shape index (κ1) is 15.8. The lowest BCUT2D eigenvalue weighted by molar-refractivity contribution is -0.118. The van der Waals surface area contributed by atoms with Crippen molar-refractivity contribution < 1.29 is 4.79 Å². The van der Waals surface area contributed by atoms with E-state index in [1.54, 1.807) is 17.0 Å². The number of nitriles is 1. The van der Waals surface area contributed by atoms with Gasteiger partial charge in [0.25, 0.3) is 0 Å². The second kappa shape index (κ2) is 6.65. The molecule has 1 saturated heterocycles. The van der Waals surface area contributed by atoms with E-state index in [0.717, 1.165) is 43.1 Å². The molecule has 0 bridgehead atoms. The highest BCUT2D eigenvalue weighted by atomic mass is 16.2. The van der Waals surface area contributed by atoms with Crippen LogP contribution < -0.4 is 10.2 Å². The number of hydrogen-bond acceptors (Lipinski definition) is 5. The number of carbonyl (C=O) groups is 1. The van der Waals surface area contributed by atoms with E-state index in [1.807, 2.05) is 12.1 Å². The van der Waals surface area contributed by atoms with Crippen LogP contribution in [0.15, 0.2) is 24.3 Å². The average molecular weight is 336 g/mol. The fraction of sp³-hybridized carbons (Fsp3) is 0.444. The van der Waals surface area contributed by atoms with Crippen LogP contribution in [0.25, 0.3) is 0 Å². The highest BCUT2D eigenvalue weighted by Gasteiger charge is 2.32. The molecule has 3 heterocycles. The molecule has 1 aromatic carbocycles. The molecular weight excluding hydrogens is 316 g/mol. The number of rotatable bonds is 4. The van der Waals surface area contributed by atoms with Gasteiger partial charge in [-0.2, -0.15) is 5.26 Å². The summed E-state index contributed by atoms with van der Waals surface area (Å²) in [5.74, 6) is 2.04. The van der Waals surface area contributed by atoms with Crippen LogP contribution in [-0.4, -0.2) is 33.3 Å². The first-order chi connectivity index (χ1) is 12.3. The predicted molar refractivity (Wildman–Crippen MR) is 91.7 cm³/mol. The SMILES string of the molecule is N#Cc1ccc(N2CCC(NCc3nnc4n3CCCC4)C2=O)cc1. The maximum atomic E-state index is 12.7.